The smallest absolute Gasteiger partial charge is 0.280 e. The van der Waals surface area contributed by atoms with Gasteiger partial charge in [0.05, 0.1) is 6.54 Å². The number of anilines is 1. The van der Waals surface area contributed by atoms with Crippen LogP contribution >= 0.6 is 22.6 Å². The minimum Gasteiger partial charge on any atom is -0.489 e. The van der Waals surface area contributed by atoms with Gasteiger partial charge in [0, 0.05) is 47.8 Å². The summed E-state index contributed by atoms with van der Waals surface area (Å²) in [6.45, 7) is 2.48. The summed E-state index contributed by atoms with van der Waals surface area (Å²) in [7, 11) is 0. The van der Waals surface area contributed by atoms with E-state index in [0.29, 0.717) is 6.54 Å². The number of halogens is 1. The third kappa shape index (κ3) is 4.60. The average molecular weight is 422 g/mol. The molecule has 2 aromatic carbocycles. The van der Waals surface area contributed by atoms with Crippen molar-refractivity contribution < 1.29 is 9.53 Å². The fraction of sp³-hybridized carbons (Fsp3) is 0.278. The molecule has 1 N–H and O–H groups in total. The molecule has 1 unspecified atom stereocenters. The van der Waals surface area contributed by atoms with Crippen molar-refractivity contribution in [3.8, 4) is 5.75 Å². The Morgan fingerprint density at radius 3 is 2.61 bits per heavy atom. The molecule has 1 atom stereocenters. The van der Waals surface area contributed by atoms with E-state index in [0.717, 1.165) is 30.8 Å². The molecule has 0 aliphatic carbocycles. The lowest BCUT2D eigenvalue weighted by Crippen LogP contribution is -2.24. The van der Waals surface area contributed by atoms with Gasteiger partial charge in [-0.25, -0.2) is 0 Å². The number of carbonyl (C=O) groups is 1. The van der Waals surface area contributed by atoms with Crippen LogP contribution in [0.25, 0.3) is 0 Å². The first-order valence-corrected chi connectivity index (χ1v) is 8.77. The van der Waals surface area contributed by atoms with E-state index in [2.05, 4.69) is 34.5 Å². The van der Waals surface area contributed by atoms with Crippen molar-refractivity contribution in [3.05, 3.63) is 60.2 Å². The van der Waals surface area contributed by atoms with Gasteiger partial charge in [-0.15, -0.1) is 0 Å². The minimum absolute atomic E-state index is 0.0464. The van der Waals surface area contributed by atoms with E-state index in [-0.39, 0.29) is 10.0 Å². The van der Waals surface area contributed by atoms with Crippen LogP contribution in [0.5, 0.6) is 5.75 Å². The van der Waals surface area contributed by atoms with E-state index in [1.165, 1.54) is 5.69 Å². The zero-order chi connectivity index (χ0) is 16.1. The average Bonchev–Trinajstić information content (AvgIpc) is 3.03. The minimum atomic E-state index is -0.0464. The Morgan fingerprint density at radius 2 is 1.91 bits per heavy atom. The number of nitrogens with one attached hydrogen (secondary N) is 1. The molecule has 1 aliphatic rings. The van der Waals surface area contributed by atoms with E-state index in [4.69, 9.17) is 4.74 Å². The predicted octanol–water partition coefficient (Wildman–Crippen LogP) is 3.99. The number of rotatable bonds is 5. The summed E-state index contributed by atoms with van der Waals surface area (Å²) >= 11 is 1.74. The van der Waals surface area contributed by atoms with E-state index in [1.54, 1.807) is 22.6 Å². The standard InChI is InChI=1S/C18H19IN2O2/c19-18(22)20-12-14-6-8-16(9-7-14)23-17-10-11-21(13-17)15-4-2-1-3-5-15/h1-9,17H,10-13H2,(H,20,22). The van der Waals surface area contributed by atoms with Crippen LogP contribution in [0.3, 0.4) is 0 Å². The van der Waals surface area contributed by atoms with Crippen molar-refractivity contribution in [2.24, 2.45) is 0 Å². The van der Waals surface area contributed by atoms with Gasteiger partial charge in [0.1, 0.15) is 11.9 Å². The van der Waals surface area contributed by atoms with Crippen LogP contribution in [-0.4, -0.2) is 23.1 Å². The topological polar surface area (TPSA) is 41.6 Å². The third-order valence-electron chi connectivity index (χ3n) is 3.92. The first-order valence-electron chi connectivity index (χ1n) is 7.69. The van der Waals surface area contributed by atoms with Gasteiger partial charge in [0.15, 0.2) is 0 Å². The maximum Gasteiger partial charge on any atom is 0.280 e. The number of nitrogens with zero attached hydrogens (tertiary/aromatic N) is 1. The van der Waals surface area contributed by atoms with Gasteiger partial charge in [0.2, 0.25) is 0 Å². The summed E-state index contributed by atoms with van der Waals surface area (Å²) in [5.41, 5.74) is 2.32. The molecule has 0 bridgehead atoms. The fourth-order valence-corrected chi connectivity index (χ4v) is 2.94. The second-order valence-corrected chi connectivity index (χ2v) is 6.56. The Balaban J connectivity index is 1.53. The van der Waals surface area contributed by atoms with Gasteiger partial charge in [-0.3, -0.25) is 4.79 Å². The summed E-state index contributed by atoms with van der Waals surface area (Å²) < 4.78 is 6.03. The zero-order valence-corrected chi connectivity index (χ0v) is 14.9. The Kier molecular flexibility index (Phi) is 5.38. The number of hydrogen-bond acceptors (Lipinski definition) is 3. The molecule has 3 rings (SSSR count). The van der Waals surface area contributed by atoms with Gasteiger partial charge in [-0.2, -0.15) is 0 Å². The van der Waals surface area contributed by atoms with Gasteiger partial charge < -0.3 is 15.0 Å². The highest BCUT2D eigenvalue weighted by Gasteiger charge is 2.24. The fourth-order valence-electron chi connectivity index (χ4n) is 2.75. The lowest BCUT2D eigenvalue weighted by Gasteiger charge is -2.19. The molecule has 0 radical (unpaired) electrons. The summed E-state index contributed by atoms with van der Waals surface area (Å²) in [5, 5.41) is 2.78. The second-order valence-electron chi connectivity index (χ2n) is 5.58. The van der Waals surface area contributed by atoms with E-state index in [9.17, 15) is 4.79 Å². The molecule has 1 heterocycles. The maximum atomic E-state index is 10.9. The molecule has 1 saturated heterocycles. The number of amides is 1. The van der Waals surface area contributed by atoms with Crippen molar-refractivity contribution in [1.82, 2.24) is 5.32 Å². The van der Waals surface area contributed by atoms with Crippen LogP contribution in [0.1, 0.15) is 12.0 Å². The highest BCUT2D eigenvalue weighted by Crippen LogP contribution is 2.23. The summed E-state index contributed by atoms with van der Waals surface area (Å²) in [5.74, 6) is 0.884. The van der Waals surface area contributed by atoms with Crippen LogP contribution in [0.15, 0.2) is 54.6 Å². The van der Waals surface area contributed by atoms with Crippen molar-refractivity contribution in [2.75, 3.05) is 18.0 Å². The van der Waals surface area contributed by atoms with Gasteiger partial charge in [-0.05, 0) is 29.8 Å². The van der Waals surface area contributed by atoms with Gasteiger partial charge in [-0.1, -0.05) is 30.3 Å². The lowest BCUT2D eigenvalue weighted by atomic mass is 10.2. The number of hydrogen-bond donors (Lipinski definition) is 1. The van der Waals surface area contributed by atoms with Crippen molar-refractivity contribution >= 4 is 32.2 Å². The van der Waals surface area contributed by atoms with E-state index in [1.807, 2.05) is 30.3 Å². The summed E-state index contributed by atoms with van der Waals surface area (Å²) in [6, 6.07) is 18.4. The molecule has 2 aromatic rings. The maximum absolute atomic E-state index is 10.9. The number of carbonyl (C=O) groups excluding carboxylic acids is 1. The van der Waals surface area contributed by atoms with Crippen molar-refractivity contribution in [1.29, 1.82) is 0 Å². The zero-order valence-electron chi connectivity index (χ0n) is 12.7. The molecule has 23 heavy (non-hydrogen) atoms. The number of benzene rings is 2. The first kappa shape index (κ1) is 16.1. The molecule has 1 fully saturated rings. The predicted molar refractivity (Wildman–Crippen MR) is 100 cm³/mol. The van der Waals surface area contributed by atoms with Crippen LogP contribution in [0, 0.1) is 0 Å². The number of para-hydroxylation sites is 1. The normalized spacial score (nSPS) is 17.1. The van der Waals surface area contributed by atoms with E-state index < -0.39 is 0 Å². The van der Waals surface area contributed by atoms with Crippen LogP contribution in [-0.2, 0) is 6.54 Å². The molecule has 1 aliphatic heterocycles. The number of ether oxygens (including phenoxy) is 1. The third-order valence-corrected chi connectivity index (χ3v) is 4.31. The molecule has 1 amide bonds. The summed E-state index contributed by atoms with van der Waals surface area (Å²) in [4.78, 5) is 13.3. The molecule has 5 heteroatoms. The quantitative estimate of drug-likeness (QED) is 0.450. The van der Waals surface area contributed by atoms with Crippen LogP contribution < -0.4 is 15.0 Å². The molecule has 120 valence electrons. The van der Waals surface area contributed by atoms with E-state index >= 15 is 0 Å². The highest BCUT2D eigenvalue weighted by molar-refractivity contribution is 14.1. The molecule has 0 aromatic heterocycles. The molecule has 4 nitrogen and oxygen atoms in total. The lowest BCUT2D eigenvalue weighted by molar-refractivity contribution is 0.225. The summed E-state index contributed by atoms with van der Waals surface area (Å²) in [6.07, 6.45) is 1.25. The Morgan fingerprint density at radius 1 is 1.17 bits per heavy atom. The van der Waals surface area contributed by atoms with Gasteiger partial charge >= 0.3 is 0 Å². The van der Waals surface area contributed by atoms with Crippen LogP contribution in [0.4, 0.5) is 10.5 Å². The second kappa shape index (κ2) is 7.68. The van der Waals surface area contributed by atoms with Crippen molar-refractivity contribution in [2.45, 2.75) is 19.1 Å². The molecular formula is C18H19IN2O2. The Labute approximate surface area is 150 Å². The molecule has 0 saturated carbocycles. The van der Waals surface area contributed by atoms with Gasteiger partial charge in [0.25, 0.3) is 3.91 Å². The van der Waals surface area contributed by atoms with Crippen LogP contribution in [0.2, 0.25) is 0 Å². The SMILES string of the molecule is O=C(I)NCc1ccc(OC2CCN(c3ccccc3)C2)cc1. The Hall–Kier alpha value is -1.76. The molecular weight excluding hydrogens is 403 g/mol. The largest absolute Gasteiger partial charge is 0.489 e. The highest BCUT2D eigenvalue weighted by atomic mass is 127. The van der Waals surface area contributed by atoms with Crippen molar-refractivity contribution in [3.63, 3.8) is 0 Å². The monoisotopic (exact) mass is 422 g/mol. The molecule has 0 spiro atoms. The Bertz CT molecular complexity index is 646. The first-order chi connectivity index (χ1) is 11.2.